The number of carbonyl (C=O) groups excluding carboxylic acids is 1. The van der Waals surface area contributed by atoms with Gasteiger partial charge in [0.05, 0.1) is 5.41 Å². The Morgan fingerprint density at radius 3 is 2.06 bits per heavy atom. The van der Waals surface area contributed by atoms with Crippen LogP contribution >= 0.6 is 0 Å². The molecule has 4 fully saturated rings. The van der Waals surface area contributed by atoms with Crippen molar-refractivity contribution in [3.05, 3.63) is 0 Å². The molecule has 4 aliphatic carbocycles. The Hall–Kier alpha value is -1.06. The van der Waals surface area contributed by atoms with Gasteiger partial charge in [-0.3, -0.25) is 9.59 Å². The molecule has 9 atom stereocenters. The first-order valence-electron chi connectivity index (χ1n) is 13.1. The van der Waals surface area contributed by atoms with E-state index in [1.54, 1.807) is 6.92 Å². The molecule has 4 saturated carbocycles. The molecule has 0 aromatic heterocycles. The Morgan fingerprint density at radius 1 is 0.812 bits per heavy atom. The predicted octanol–water partition coefficient (Wildman–Crippen LogP) is 6.71. The Labute approximate surface area is 195 Å². The molecule has 4 rings (SSSR count). The summed E-state index contributed by atoms with van der Waals surface area (Å²) in [6, 6.07) is 0. The maximum Gasteiger partial charge on any atom is 0.309 e. The molecule has 32 heavy (non-hydrogen) atoms. The van der Waals surface area contributed by atoms with Gasteiger partial charge in [-0.05, 0) is 98.2 Å². The first-order chi connectivity index (χ1) is 14.6. The van der Waals surface area contributed by atoms with E-state index < -0.39 is 11.4 Å². The van der Waals surface area contributed by atoms with Crippen LogP contribution < -0.4 is 0 Å². The minimum Gasteiger partial charge on any atom is -0.481 e. The van der Waals surface area contributed by atoms with Crippen LogP contribution in [0, 0.1) is 50.7 Å². The van der Waals surface area contributed by atoms with E-state index in [-0.39, 0.29) is 39.7 Å². The van der Waals surface area contributed by atoms with Crippen LogP contribution in [0.25, 0.3) is 0 Å². The predicted molar refractivity (Wildman–Crippen MR) is 126 cm³/mol. The van der Waals surface area contributed by atoms with E-state index in [4.69, 9.17) is 4.74 Å². The molecule has 1 N–H and O–H groups in total. The second-order valence-electron chi connectivity index (χ2n) is 13.6. The van der Waals surface area contributed by atoms with Gasteiger partial charge in [-0.25, -0.2) is 0 Å². The number of carboxylic acids is 1. The summed E-state index contributed by atoms with van der Waals surface area (Å²) >= 11 is 0. The molecule has 0 amide bonds. The van der Waals surface area contributed by atoms with Crippen LogP contribution in [-0.2, 0) is 14.3 Å². The zero-order valence-corrected chi connectivity index (χ0v) is 21.7. The maximum absolute atomic E-state index is 12.2. The van der Waals surface area contributed by atoms with E-state index >= 15 is 0 Å². The number of hydrogen-bond acceptors (Lipinski definition) is 3. The summed E-state index contributed by atoms with van der Waals surface area (Å²) in [6.07, 6.45) is 8.66. The molecule has 0 heterocycles. The number of aliphatic carboxylic acids is 1. The van der Waals surface area contributed by atoms with Gasteiger partial charge in [0.25, 0.3) is 0 Å². The number of ether oxygens (including phenoxy) is 1. The summed E-state index contributed by atoms with van der Waals surface area (Å²) in [5.41, 5.74) is 0.0602. The first kappa shape index (κ1) is 24.1. The lowest BCUT2D eigenvalue weighted by molar-refractivity contribution is -0.248. The smallest absolute Gasteiger partial charge is 0.309 e. The fourth-order valence-corrected chi connectivity index (χ4v) is 10.1. The summed E-state index contributed by atoms with van der Waals surface area (Å²) in [5, 5.41) is 10.0. The van der Waals surface area contributed by atoms with Crippen LogP contribution in [0.15, 0.2) is 0 Å². The lowest BCUT2D eigenvalue weighted by Crippen LogP contribution is -2.66. The zero-order valence-electron chi connectivity index (χ0n) is 21.7. The number of hydrogen-bond donors (Lipinski definition) is 1. The van der Waals surface area contributed by atoms with Crippen LogP contribution in [-0.4, -0.2) is 23.1 Å². The Kier molecular flexibility index (Phi) is 5.43. The third-order valence-electron chi connectivity index (χ3n) is 12.4. The minimum atomic E-state index is -0.611. The fourth-order valence-electron chi connectivity index (χ4n) is 10.1. The van der Waals surface area contributed by atoms with Crippen molar-refractivity contribution < 1.29 is 19.4 Å². The average Bonchev–Trinajstić information content (AvgIpc) is 2.68. The fraction of sp³-hybridized carbons (Fsp3) is 0.929. The highest BCUT2D eigenvalue weighted by Crippen LogP contribution is 2.75. The molecular weight excluding hydrogens is 400 g/mol. The largest absolute Gasteiger partial charge is 0.481 e. The van der Waals surface area contributed by atoms with Crippen molar-refractivity contribution in [1.29, 1.82) is 0 Å². The lowest BCUT2D eigenvalue weighted by Gasteiger charge is -2.72. The Morgan fingerprint density at radius 2 is 1.47 bits per heavy atom. The maximum atomic E-state index is 12.2. The van der Waals surface area contributed by atoms with Crippen LogP contribution in [0.1, 0.15) is 107 Å². The van der Waals surface area contributed by atoms with Gasteiger partial charge >= 0.3 is 11.9 Å². The van der Waals surface area contributed by atoms with Crippen molar-refractivity contribution >= 4 is 11.9 Å². The number of fused-ring (bicyclic) bond motifs is 5. The van der Waals surface area contributed by atoms with E-state index in [9.17, 15) is 14.7 Å². The van der Waals surface area contributed by atoms with Crippen LogP contribution in [0.4, 0.5) is 0 Å². The van der Waals surface area contributed by atoms with Gasteiger partial charge in [0.15, 0.2) is 0 Å². The summed E-state index contributed by atoms with van der Waals surface area (Å²) < 4.78 is 5.83. The van der Waals surface area contributed by atoms with E-state index in [1.165, 1.54) is 19.3 Å². The van der Waals surface area contributed by atoms with Gasteiger partial charge in [-0.15, -0.1) is 0 Å². The molecule has 0 aromatic rings. The molecule has 0 bridgehead atoms. The molecule has 182 valence electrons. The van der Waals surface area contributed by atoms with E-state index in [0.717, 1.165) is 32.1 Å². The topological polar surface area (TPSA) is 63.6 Å². The Bertz CT molecular complexity index is 803. The average molecular weight is 447 g/mol. The lowest BCUT2D eigenvalue weighted by atomic mass is 9.32. The number of carboxylic acid groups (broad SMARTS) is 1. The number of esters is 1. The van der Waals surface area contributed by atoms with Crippen LogP contribution in [0.5, 0.6) is 0 Å². The molecule has 0 aromatic carbocycles. The quantitative estimate of drug-likeness (QED) is 0.479. The molecule has 4 aliphatic rings. The van der Waals surface area contributed by atoms with E-state index in [1.807, 2.05) is 6.92 Å². The van der Waals surface area contributed by atoms with E-state index in [0.29, 0.717) is 17.8 Å². The highest BCUT2D eigenvalue weighted by molar-refractivity contribution is 5.74. The molecule has 0 aliphatic heterocycles. The first-order valence-corrected chi connectivity index (χ1v) is 13.1. The minimum absolute atomic E-state index is 0.0142. The molecular formula is C28H46O4. The summed E-state index contributed by atoms with van der Waals surface area (Å²) in [6.45, 7) is 18.0. The SMILES string of the molecule is CC(=O)OC1CCC2(C)C(CCC3(C)C2CCC2C(C)C(C)(C(=O)O)CCC23C)C1(C)C. The Balaban J connectivity index is 1.69. The second-order valence-corrected chi connectivity index (χ2v) is 13.6. The van der Waals surface area contributed by atoms with Crippen molar-refractivity contribution in [2.45, 2.75) is 113 Å². The van der Waals surface area contributed by atoms with E-state index in [2.05, 4.69) is 41.5 Å². The van der Waals surface area contributed by atoms with Crippen LogP contribution in [0.3, 0.4) is 0 Å². The van der Waals surface area contributed by atoms with Crippen molar-refractivity contribution in [3.63, 3.8) is 0 Å². The zero-order chi connectivity index (χ0) is 23.9. The molecule has 9 unspecified atom stereocenters. The van der Waals surface area contributed by atoms with Gasteiger partial charge in [0, 0.05) is 12.3 Å². The van der Waals surface area contributed by atoms with Crippen molar-refractivity contribution in [1.82, 2.24) is 0 Å². The van der Waals surface area contributed by atoms with Gasteiger partial charge in [0.2, 0.25) is 0 Å². The van der Waals surface area contributed by atoms with Gasteiger partial charge < -0.3 is 9.84 Å². The summed E-state index contributed by atoms with van der Waals surface area (Å²) in [5.74, 6) is 1.12. The highest BCUT2D eigenvalue weighted by atomic mass is 16.5. The molecule has 0 saturated heterocycles. The number of carbonyl (C=O) groups is 2. The summed E-state index contributed by atoms with van der Waals surface area (Å²) in [4.78, 5) is 24.0. The van der Waals surface area contributed by atoms with Gasteiger partial charge in [0.1, 0.15) is 6.10 Å². The van der Waals surface area contributed by atoms with Crippen molar-refractivity contribution in [2.24, 2.45) is 50.7 Å². The monoisotopic (exact) mass is 446 g/mol. The molecule has 4 nitrogen and oxygen atoms in total. The van der Waals surface area contributed by atoms with Gasteiger partial charge in [-0.2, -0.15) is 0 Å². The third kappa shape index (κ3) is 2.92. The van der Waals surface area contributed by atoms with Crippen molar-refractivity contribution in [2.75, 3.05) is 0 Å². The molecule has 0 spiro atoms. The second kappa shape index (κ2) is 7.22. The summed E-state index contributed by atoms with van der Waals surface area (Å²) in [7, 11) is 0. The third-order valence-corrected chi connectivity index (χ3v) is 12.4. The highest BCUT2D eigenvalue weighted by Gasteiger charge is 2.69. The number of rotatable bonds is 2. The van der Waals surface area contributed by atoms with Crippen LogP contribution in [0.2, 0.25) is 0 Å². The van der Waals surface area contributed by atoms with Crippen molar-refractivity contribution in [3.8, 4) is 0 Å². The standard InChI is InChI=1S/C28H46O4/c1-17-19-9-10-21-26(6)13-12-22(32-18(2)29)24(3,4)20(26)11-14-28(21,8)27(19,7)16-15-25(17,5)23(30)31/h17,19-22H,9-16H2,1-8H3,(H,30,31). The molecule has 0 radical (unpaired) electrons. The molecule has 4 heteroatoms. The normalized spacial score (nSPS) is 52.2. The van der Waals surface area contributed by atoms with Gasteiger partial charge in [-0.1, -0.05) is 41.5 Å².